The van der Waals surface area contributed by atoms with Crippen LogP contribution in [0, 0.1) is 6.92 Å². The van der Waals surface area contributed by atoms with Gasteiger partial charge in [0.15, 0.2) is 0 Å². The van der Waals surface area contributed by atoms with Crippen molar-refractivity contribution in [2.24, 2.45) is 0 Å². The van der Waals surface area contributed by atoms with E-state index in [1.807, 2.05) is 62.5 Å². The third kappa shape index (κ3) is 7.39. The van der Waals surface area contributed by atoms with Crippen LogP contribution >= 0.6 is 0 Å². The first-order valence-electron chi connectivity index (χ1n) is 13.9. The topological polar surface area (TPSA) is 108 Å². The zero-order valence-electron chi connectivity index (χ0n) is 23.1. The number of hydrogen-bond acceptors (Lipinski definition) is 8. The van der Waals surface area contributed by atoms with E-state index < -0.39 is 0 Å². The number of piperidine rings is 1. The molecule has 5 rings (SSSR count). The predicted octanol–water partition coefficient (Wildman–Crippen LogP) is 5.57. The molecule has 1 aliphatic rings. The van der Waals surface area contributed by atoms with Gasteiger partial charge < -0.3 is 20.9 Å². The summed E-state index contributed by atoms with van der Waals surface area (Å²) in [5.74, 6) is 1.33. The summed E-state index contributed by atoms with van der Waals surface area (Å²) in [4.78, 5) is 33.0. The van der Waals surface area contributed by atoms with Gasteiger partial charge in [0.2, 0.25) is 0 Å². The third-order valence-electron chi connectivity index (χ3n) is 7.02. The average Bonchev–Trinajstić information content (AvgIpc) is 2.98. The minimum Gasteiger partial charge on any atom is -0.369 e. The lowest BCUT2D eigenvalue weighted by Gasteiger charge is -2.26. The maximum absolute atomic E-state index is 12.7. The highest BCUT2D eigenvalue weighted by molar-refractivity contribution is 6.04. The minimum absolute atomic E-state index is 0.0633. The van der Waals surface area contributed by atoms with Gasteiger partial charge >= 0.3 is 0 Å². The van der Waals surface area contributed by atoms with Crippen LogP contribution in [0.25, 0.3) is 11.3 Å². The minimum atomic E-state index is -0.190. The molecule has 4 aromatic rings. The third-order valence-corrected chi connectivity index (χ3v) is 7.02. The van der Waals surface area contributed by atoms with Crippen molar-refractivity contribution in [3.63, 3.8) is 0 Å². The highest BCUT2D eigenvalue weighted by Crippen LogP contribution is 2.23. The Morgan fingerprint density at radius 3 is 2.60 bits per heavy atom. The molecule has 9 nitrogen and oxygen atoms in total. The molecule has 3 N–H and O–H groups in total. The maximum atomic E-state index is 12.7. The molecule has 1 fully saturated rings. The molecule has 0 saturated carbocycles. The summed E-state index contributed by atoms with van der Waals surface area (Å²) in [5, 5.41) is 9.81. The maximum Gasteiger partial charge on any atom is 0.257 e. The summed E-state index contributed by atoms with van der Waals surface area (Å²) in [6, 6.07) is 13.5. The van der Waals surface area contributed by atoms with Gasteiger partial charge in [0, 0.05) is 42.9 Å². The molecule has 0 radical (unpaired) electrons. The van der Waals surface area contributed by atoms with Gasteiger partial charge in [-0.1, -0.05) is 18.6 Å². The second-order valence-electron chi connectivity index (χ2n) is 10.2. The van der Waals surface area contributed by atoms with Gasteiger partial charge in [0.25, 0.3) is 5.91 Å². The van der Waals surface area contributed by atoms with Crippen molar-refractivity contribution in [1.29, 1.82) is 0 Å². The van der Waals surface area contributed by atoms with Gasteiger partial charge in [-0.3, -0.25) is 14.8 Å². The number of nitrogens with one attached hydrogen (secondary N) is 3. The Bertz CT molecular complexity index is 1420. The summed E-state index contributed by atoms with van der Waals surface area (Å²) < 4.78 is 0. The number of rotatable bonds is 10. The standard InChI is InChI=1S/C31H36N8O/c1-22-15-26(18-32-17-22)31(40)37-27-8-6-7-24(16-27)23(2)36-30-21-33-20-28(38-30)25-9-10-29(35-19-25)34-11-14-39-12-4-3-5-13-39/h6-10,15-21,23H,3-5,11-14H2,1-2H3,(H,34,35)(H,36,38)(H,37,40). The molecule has 0 bridgehead atoms. The van der Waals surface area contributed by atoms with Crippen molar-refractivity contribution >= 4 is 23.2 Å². The van der Waals surface area contributed by atoms with E-state index in [1.165, 1.54) is 32.4 Å². The highest BCUT2D eigenvalue weighted by Gasteiger charge is 2.12. The van der Waals surface area contributed by atoms with E-state index in [-0.39, 0.29) is 11.9 Å². The molecule has 206 valence electrons. The zero-order chi connectivity index (χ0) is 27.7. The molecule has 1 amide bonds. The molecule has 4 heterocycles. The van der Waals surface area contributed by atoms with E-state index in [0.717, 1.165) is 41.3 Å². The van der Waals surface area contributed by atoms with E-state index in [0.29, 0.717) is 17.1 Å². The fraction of sp³-hybridized carbons (Fsp3) is 0.323. The number of amides is 1. The van der Waals surface area contributed by atoms with Gasteiger partial charge in [0.1, 0.15) is 11.6 Å². The van der Waals surface area contributed by atoms with Gasteiger partial charge in [-0.15, -0.1) is 0 Å². The Labute approximate surface area is 235 Å². The molecular formula is C31H36N8O. The summed E-state index contributed by atoms with van der Waals surface area (Å²) in [7, 11) is 0. The molecule has 9 heteroatoms. The van der Waals surface area contributed by atoms with E-state index in [4.69, 9.17) is 4.98 Å². The average molecular weight is 537 g/mol. The fourth-order valence-electron chi connectivity index (χ4n) is 4.82. The number of nitrogens with zero attached hydrogens (tertiary/aromatic N) is 5. The SMILES string of the molecule is Cc1cncc(C(=O)Nc2cccc(C(C)Nc3cncc(-c4ccc(NCCN5CCCCC5)nc4)n3)c2)c1. The number of carbonyl (C=O) groups is 1. The van der Waals surface area contributed by atoms with Crippen LogP contribution in [-0.2, 0) is 0 Å². The van der Waals surface area contributed by atoms with Crippen molar-refractivity contribution < 1.29 is 4.79 Å². The number of aromatic nitrogens is 4. The van der Waals surface area contributed by atoms with Crippen molar-refractivity contribution in [2.75, 3.05) is 42.1 Å². The van der Waals surface area contributed by atoms with Crippen LogP contribution in [0.1, 0.15) is 53.7 Å². The van der Waals surface area contributed by atoms with Crippen LogP contribution in [0.2, 0.25) is 0 Å². The van der Waals surface area contributed by atoms with Crippen LogP contribution in [-0.4, -0.2) is 56.9 Å². The van der Waals surface area contributed by atoms with Crippen LogP contribution in [0.4, 0.5) is 17.3 Å². The Morgan fingerprint density at radius 1 is 0.950 bits per heavy atom. The smallest absolute Gasteiger partial charge is 0.257 e. The Balaban J connectivity index is 1.18. The number of carbonyl (C=O) groups excluding carboxylic acids is 1. The fourth-order valence-corrected chi connectivity index (χ4v) is 4.82. The van der Waals surface area contributed by atoms with E-state index in [1.54, 1.807) is 24.8 Å². The van der Waals surface area contributed by atoms with E-state index >= 15 is 0 Å². The number of pyridine rings is 2. The predicted molar refractivity (Wildman–Crippen MR) is 159 cm³/mol. The molecule has 0 aliphatic carbocycles. The van der Waals surface area contributed by atoms with Gasteiger partial charge in [-0.25, -0.2) is 9.97 Å². The summed E-state index contributed by atoms with van der Waals surface area (Å²) in [5.41, 5.74) is 4.84. The lowest BCUT2D eigenvalue weighted by atomic mass is 10.1. The number of hydrogen-bond donors (Lipinski definition) is 3. The van der Waals surface area contributed by atoms with Gasteiger partial charge in [-0.05, 0) is 81.2 Å². The zero-order valence-corrected chi connectivity index (χ0v) is 23.1. The second-order valence-corrected chi connectivity index (χ2v) is 10.2. The second kappa shape index (κ2) is 13.1. The molecule has 40 heavy (non-hydrogen) atoms. The first kappa shape index (κ1) is 27.2. The summed E-state index contributed by atoms with van der Waals surface area (Å²) >= 11 is 0. The first-order valence-corrected chi connectivity index (χ1v) is 13.9. The van der Waals surface area contributed by atoms with Crippen molar-refractivity contribution in [1.82, 2.24) is 24.8 Å². The summed E-state index contributed by atoms with van der Waals surface area (Å²) in [6.45, 7) is 8.28. The number of anilines is 3. The van der Waals surface area contributed by atoms with Crippen molar-refractivity contribution in [2.45, 2.75) is 39.2 Å². The molecule has 3 aromatic heterocycles. The summed E-state index contributed by atoms with van der Waals surface area (Å²) in [6.07, 6.45) is 12.5. The molecule has 1 aromatic carbocycles. The van der Waals surface area contributed by atoms with Gasteiger partial charge in [0.05, 0.1) is 29.7 Å². The van der Waals surface area contributed by atoms with E-state index in [2.05, 4.69) is 35.8 Å². The number of aryl methyl sites for hydroxylation is 1. The molecule has 1 aliphatic heterocycles. The van der Waals surface area contributed by atoms with Crippen LogP contribution in [0.3, 0.4) is 0 Å². The normalized spacial score (nSPS) is 14.3. The van der Waals surface area contributed by atoms with Crippen molar-refractivity contribution in [3.8, 4) is 11.3 Å². The number of likely N-dealkylation sites (tertiary alicyclic amines) is 1. The largest absolute Gasteiger partial charge is 0.369 e. The molecule has 0 spiro atoms. The molecule has 1 unspecified atom stereocenters. The van der Waals surface area contributed by atoms with E-state index in [9.17, 15) is 4.79 Å². The van der Waals surface area contributed by atoms with Gasteiger partial charge in [-0.2, -0.15) is 0 Å². The lowest BCUT2D eigenvalue weighted by molar-refractivity contribution is 0.102. The first-order chi connectivity index (χ1) is 19.5. The van der Waals surface area contributed by atoms with Crippen molar-refractivity contribution in [3.05, 3.63) is 90.1 Å². The van der Waals surface area contributed by atoms with Crippen LogP contribution in [0.15, 0.2) is 73.4 Å². The lowest BCUT2D eigenvalue weighted by Crippen LogP contribution is -2.33. The number of benzene rings is 1. The van der Waals surface area contributed by atoms with Crippen LogP contribution < -0.4 is 16.0 Å². The molecule has 1 saturated heterocycles. The highest BCUT2D eigenvalue weighted by atomic mass is 16.1. The quantitative estimate of drug-likeness (QED) is 0.242. The van der Waals surface area contributed by atoms with Crippen LogP contribution in [0.5, 0.6) is 0 Å². The Kier molecular flexibility index (Phi) is 8.93. The Hall–Kier alpha value is -4.37. The molecular weight excluding hydrogens is 500 g/mol. The monoisotopic (exact) mass is 536 g/mol. The molecule has 1 atom stereocenters. The Morgan fingerprint density at radius 2 is 1.80 bits per heavy atom.